The average molecular weight is 364 g/mol. The Kier molecular flexibility index (Phi) is 5.35. The molecule has 0 saturated carbocycles. The van der Waals surface area contributed by atoms with Crippen molar-refractivity contribution < 1.29 is 18.8 Å². The van der Waals surface area contributed by atoms with Crippen molar-refractivity contribution in [1.82, 2.24) is 5.16 Å². The average Bonchev–Trinajstić information content (AvgIpc) is 3.00. The lowest BCUT2D eigenvalue weighted by molar-refractivity contribution is -0.125. The van der Waals surface area contributed by atoms with Crippen molar-refractivity contribution in [2.24, 2.45) is 0 Å². The maximum atomic E-state index is 12.8. The van der Waals surface area contributed by atoms with Crippen LogP contribution in [0, 0.1) is 20.8 Å². The standard InChI is InChI=1S/C21H20N2O4/c1-13-9-11-17(12-10-13)22-20(24)19(16-7-5-4-6-8-16)26-21(25)18-14(2)23-27-15(18)3/h4-12,19H,1-3H3,(H,22,24). The number of esters is 1. The maximum absolute atomic E-state index is 12.8. The van der Waals surface area contributed by atoms with Gasteiger partial charge in [0.15, 0.2) is 0 Å². The number of ether oxygens (including phenoxy) is 1. The van der Waals surface area contributed by atoms with E-state index in [1.807, 2.05) is 25.1 Å². The van der Waals surface area contributed by atoms with Gasteiger partial charge in [0, 0.05) is 11.3 Å². The molecule has 2 aromatic carbocycles. The second-order valence-electron chi connectivity index (χ2n) is 6.25. The van der Waals surface area contributed by atoms with Crippen molar-refractivity contribution in [3.63, 3.8) is 0 Å². The van der Waals surface area contributed by atoms with E-state index in [4.69, 9.17) is 9.26 Å². The molecule has 0 aliphatic carbocycles. The number of carbonyl (C=O) groups excluding carboxylic acids is 2. The van der Waals surface area contributed by atoms with Gasteiger partial charge >= 0.3 is 5.97 Å². The molecule has 1 N–H and O–H groups in total. The van der Waals surface area contributed by atoms with Crippen LogP contribution in [0.5, 0.6) is 0 Å². The van der Waals surface area contributed by atoms with Crippen LogP contribution in [-0.2, 0) is 9.53 Å². The predicted molar refractivity (Wildman–Crippen MR) is 100 cm³/mol. The summed E-state index contributed by atoms with van der Waals surface area (Å²) >= 11 is 0. The first-order chi connectivity index (χ1) is 13.0. The van der Waals surface area contributed by atoms with Gasteiger partial charge in [0.1, 0.15) is 11.3 Å². The monoisotopic (exact) mass is 364 g/mol. The zero-order valence-corrected chi connectivity index (χ0v) is 15.4. The first kappa shape index (κ1) is 18.4. The van der Waals surface area contributed by atoms with Gasteiger partial charge < -0.3 is 14.6 Å². The maximum Gasteiger partial charge on any atom is 0.344 e. The molecule has 0 radical (unpaired) electrons. The lowest BCUT2D eigenvalue weighted by Gasteiger charge is -2.18. The van der Waals surface area contributed by atoms with Crippen LogP contribution in [-0.4, -0.2) is 17.0 Å². The summed E-state index contributed by atoms with van der Waals surface area (Å²) in [6.07, 6.45) is -1.10. The van der Waals surface area contributed by atoms with Crippen LogP contribution >= 0.6 is 0 Å². The summed E-state index contributed by atoms with van der Waals surface area (Å²) in [4.78, 5) is 25.5. The van der Waals surface area contributed by atoms with Gasteiger partial charge in [-0.3, -0.25) is 4.79 Å². The molecule has 1 unspecified atom stereocenters. The van der Waals surface area contributed by atoms with Gasteiger partial charge in [-0.15, -0.1) is 0 Å². The smallest absolute Gasteiger partial charge is 0.344 e. The Morgan fingerprint density at radius 1 is 1.00 bits per heavy atom. The van der Waals surface area contributed by atoms with Gasteiger partial charge in [0.2, 0.25) is 6.10 Å². The molecule has 138 valence electrons. The zero-order chi connectivity index (χ0) is 19.4. The lowest BCUT2D eigenvalue weighted by Crippen LogP contribution is -2.26. The fourth-order valence-corrected chi connectivity index (χ4v) is 2.69. The molecule has 6 nitrogen and oxygen atoms in total. The Morgan fingerprint density at radius 3 is 2.26 bits per heavy atom. The molecule has 3 aromatic rings. The minimum Gasteiger partial charge on any atom is -0.444 e. The topological polar surface area (TPSA) is 81.4 Å². The number of carbonyl (C=O) groups is 2. The summed E-state index contributed by atoms with van der Waals surface area (Å²) in [5.41, 5.74) is 2.93. The summed E-state index contributed by atoms with van der Waals surface area (Å²) in [5.74, 6) is -0.743. The van der Waals surface area contributed by atoms with Crippen LogP contribution in [0.25, 0.3) is 0 Å². The number of hydrogen-bond donors (Lipinski definition) is 1. The number of amides is 1. The number of hydrogen-bond acceptors (Lipinski definition) is 5. The highest BCUT2D eigenvalue weighted by Gasteiger charge is 2.28. The highest BCUT2D eigenvalue weighted by molar-refractivity contribution is 5.98. The molecule has 0 spiro atoms. The van der Waals surface area contributed by atoms with Crippen LogP contribution in [0.4, 0.5) is 5.69 Å². The molecule has 0 fully saturated rings. The van der Waals surface area contributed by atoms with E-state index >= 15 is 0 Å². The van der Waals surface area contributed by atoms with E-state index < -0.39 is 18.0 Å². The van der Waals surface area contributed by atoms with Crippen molar-refractivity contribution in [3.05, 3.63) is 82.7 Å². The molecular weight excluding hydrogens is 344 g/mol. The number of nitrogens with zero attached hydrogens (tertiary/aromatic N) is 1. The van der Waals surface area contributed by atoms with E-state index in [2.05, 4.69) is 10.5 Å². The number of nitrogens with one attached hydrogen (secondary N) is 1. The molecule has 3 rings (SSSR count). The van der Waals surface area contributed by atoms with E-state index in [0.29, 0.717) is 22.7 Å². The van der Waals surface area contributed by atoms with Gasteiger partial charge in [0.05, 0.1) is 5.69 Å². The van der Waals surface area contributed by atoms with Crippen LogP contribution in [0.1, 0.15) is 39.0 Å². The molecule has 1 heterocycles. The van der Waals surface area contributed by atoms with Crippen LogP contribution in [0.2, 0.25) is 0 Å². The van der Waals surface area contributed by atoms with Crippen LogP contribution in [0.3, 0.4) is 0 Å². The Balaban J connectivity index is 1.86. The summed E-state index contributed by atoms with van der Waals surface area (Å²) in [6.45, 7) is 5.24. The first-order valence-electron chi connectivity index (χ1n) is 8.52. The van der Waals surface area contributed by atoms with E-state index in [-0.39, 0.29) is 5.56 Å². The molecule has 0 aliphatic heterocycles. The van der Waals surface area contributed by atoms with E-state index in [1.165, 1.54) is 0 Å². The lowest BCUT2D eigenvalue weighted by atomic mass is 10.1. The predicted octanol–water partition coefficient (Wildman–Crippen LogP) is 4.14. The Hall–Kier alpha value is -3.41. The normalized spacial score (nSPS) is 11.7. The Labute approximate surface area is 157 Å². The Bertz CT molecular complexity index is 927. The van der Waals surface area contributed by atoms with E-state index in [1.54, 1.807) is 50.2 Å². The Morgan fingerprint density at radius 2 is 1.67 bits per heavy atom. The summed E-state index contributed by atoms with van der Waals surface area (Å²) in [6, 6.07) is 16.2. The summed E-state index contributed by atoms with van der Waals surface area (Å²) in [5, 5.41) is 6.55. The van der Waals surface area contributed by atoms with Gasteiger partial charge in [-0.1, -0.05) is 53.2 Å². The fourth-order valence-electron chi connectivity index (χ4n) is 2.69. The molecular formula is C21H20N2O4. The second kappa shape index (κ2) is 7.86. The third-order valence-electron chi connectivity index (χ3n) is 4.12. The fraction of sp³-hybridized carbons (Fsp3) is 0.190. The quantitative estimate of drug-likeness (QED) is 0.688. The third-order valence-corrected chi connectivity index (χ3v) is 4.12. The minimum atomic E-state index is -1.10. The number of anilines is 1. The highest BCUT2D eigenvalue weighted by Crippen LogP contribution is 2.23. The highest BCUT2D eigenvalue weighted by atomic mass is 16.6. The summed E-state index contributed by atoms with van der Waals surface area (Å²) in [7, 11) is 0. The molecule has 27 heavy (non-hydrogen) atoms. The minimum absolute atomic E-state index is 0.235. The molecule has 0 bridgehead atoms. The third kappa shape index (κ3) is 4.23. The second-order valence-corrected chi connectivity index (χ2v) is 6.25. The first-order valence-corrected chi connectivity index (χ1v) is 8.52. The van der Waals surface area contributed by atoms with Gasteiger partial charge in [0.25, 0.3) is 5.91 Å². The number of aromatic nitrogens is 1. The largest absolute Gasteiger partial charge is 0.444 e. The molecule has 1 amide bonds. The zero-order valence-electron chi connectivity index (χ0n) is 15.4. The number of benzene rings is 2. The summed E-state index contributed by atoms with van der Waals surface area (Å²) < 4.78 is 10.6. The van der Waals surface area contributed by atoms with Gasteiger partial charge in [-0.25, -0.2) is 4.79 Å². The molecule has 1 atom stereocenters. The molecule has 6 heteroatoms. The van der Waals surface area contributed by atoms with Crippen molar-refractivity contribution in [3.8, 4) is 0 Å². The number of rotatable bonds is 5. The molecule has 1 aromatic heterocycles. The molecule has 0 saturated heterocycles. The SMILES string of the molecule is Cc1ccc(NC(=O)C(OC(=O)c2c(C)noc2C)c2ccccc2)cc1. The van der Waals surface area contributed by atoms with Crippen molar-refractivity contribution in [2.75, 3.05) is 5.32 Å². The molecule has 0 aliphatic rings. The van der Waals surface area contributed by atoms with E-state index in [0.717, 1.165) is 5.56 Å². The number of aryl methyl sites for hydroxylation is 3. The van der Waals surface area contributed by atoms with Crippen molar-refractivity contribution in [2.45, 2.75) is 26.9 Å². The van der Waals surface area contributed by atoms with Crippen LogP contribution < -0.4 is 5.32 Å². The van der Waals surface area contributed by atoms with Crippen molar-refractivity contribution in [1.29, 1.82) is 0 Å². The van der Waals surface area contributed by atoms with Gasteiger partial charge in [-0.2, -0.15) is 0 Å². The van der Waals surface area contributed by atoms with Gasteiger partial charge in [-0.05, 0) is 32.9 Å². The van der Waals surface area contributed by atoms with Crippen molar-refractivity contribution >= 4 is 17.6 Å². The van der Waals surface area contributed by atoms with Crippen LogP contribution in [0.15, 0.2) is 59.1 Å². The van der Waals surface area contributed by atoms with E-state index in [9.17, 15) is 9.59 Å².